The fraction of sp³-hybridized carbons (Fsp3) is 0.500. The van der Waals surface area contributed by atoms with Gasteiger partial charge in [0.15, 0.2) is 16.5 Å². The molecule has 1 aliphatic heterocycles. The Kier molecular flexibility index (Phi) is 3.16. The van der Waals surface area contributed by atoms with Crippen LogP contribution in [0.1, 0.15) is 23.8 Å². The normalized spacial score (nSPS) is 20.7. The molecule has 2 aromatic heterocycles. The molecule has 3 heterocycles. The van der Waals surface area contributed by atoms with E-state index in [1.165, 1.54) is 11.3 Å². The van der Waals surface area contributed by atoms with E-state index in [1.54, 1.807) is 10.6 Å². The van der Waals surface area contributed by atoms with Crippen LogP contribution < -0.4 is 4.90 Å². The number of thiazole rings is 1. The maximum absolute atomic E-state index is 11.5. The maximum atomic E-state index is 11.5. The summed E-state index contributed by atoms with van der Waals surface area (Å²) in [5, 5.41) is 11.3. The lowest BCUT2D eigenvalue weighted by Crippen LogP contribution is -2.31. The third kappa shape index (κ3) is 2.19. The monoisotopic (exact) mass is 281 g/mol. The van der Waals surface area contributed by atoms with E-state index >= 15 is 0 Å². The number of rotatable bonds is 2. The van der Waals surface area contributed by atoms with Crippen LogP contribution in [0.4, 0.5) is 5.82 Å². The van der Waals surface area contributed by atoms with Crippen molar-refractivity contribution in [1.82, 2.24) is 9.38 Å². The molecule has 0 aliphatic carbocycles. The fourth-order valence-corrected chi connectivity index (χ4v) is 3.09. The Balaban J connectivity index is 2.05. The summed E-state index contributed by atoms with van der Waals surface area (Å²) in [5.41, 5.74) is 0.241. The number of carboxylic acids is 1. The third-order valence-electron chi connectivity index (χ3n) is 3.20. The molecule has 0 aromatic carbocycles. The summed E-state index contributed by atoms with van der Waals surface area (Å²) in [5.74, 6) is -0.393. The van der Waals surface area contributed by atoms with Gasteiger partial charge in [-0.2, -0.15) is 0 Å². The van der Waals surface area contributed by atoms with Crippen LogP contribution in [0.25, 0.3) is 4.96 Å². The number of hydrogen-bond donors (Lipinski definition) is 1. The quantitative estimate of drug-likeness (QED) is 0.907. The van der Waals surface area contributed by atoms with Crippen molar-refractivity contribution in [2.45, 2.75) is 19.4 Å². The van der Waals surface area contributed by atoms with Crippen molar-refractivity contribution >= 4 is 28.1 Å². The minimum absolute atomic E-state index is 0.0869. The first-order valence-electron chi connectivity index (χ1n) is 6.22. The van der Waals surface area contributed by atoms with Crippen LogP contribution in [0.2, 0.25) is 0 Å². The Bertz CT molecular complexity index is 606. The van der Waals surface area contributed by atoms with Gasteiger partial charge in [-0.15, -0.1) is 11.3 Å². The molecule has 6 nitrogen and oxygen atoms in total. The van der Waals surface area contributed by atoms with Gasteiger partial charge in [-0.1, -0.05) is 0 Å². The van der Waals surface area contributed by atoms with Gasteiger partial charge in [0.25, 0.3) is 0 Å². The number of carboxylic acid groups (broad SMARTS) is 1. The number of aromatic carboxylic acids is 1. The summed E-state index contributed by atoms with van der Waals surface area (Å²) in [6.07, 6.45) is 2.72. The molecule has 1 aliphatic rings. The van der Waals surface area contributed by atoms with E-state index in [9.17, 15) is 9.90 Å². The number of ether oxygens (including phenoxy) is 1. The number of imidazole rings is 1. The molecule has 1 N–H and O–H groups in total. The zero-order chi connectivity index (χ0) is 13.4. The van der Waals surface area contributed by atoms with Crippen molar-refractivity contribution < 1.29 is 14.6 Å². The van der Waals surface area contributed by atoms with Gasteiger partial charge < -0.3 is 14.7 Å². The van der Waals surface area contributed by atoms with Crippen LogP contribution in [-0.4, -0.2) is 46.3 Å². The molecule has 0 radical (unpaired) electrons. The highest BCUT2D eigenvalue weighted by molar-refractivity contribution is 7.15. The van der Waals surface area contributed by atoms with Crippen LogP contribution in [0.15, 0.2) is 11.6 Å². The molecule has 3 rings (SSSR count). The molecule has 0 spiro atoms. The molecule has 1 saturated heterocycles. The molecule has 7 heteroatoms. The first kappa shape index (κ1) is 12.4. The predicted molar refractivity (Wildman–Crippen MR) is 72.3 cm³/mol. The molecule has 1 fully saturated rings. The second-order valence-electron chi connectivity index (χ2n) is 4.63. The van der Waals surface area contributed by atoms with E-state index in [0.29, 0.717) is 23.9 Å². The van der Waals surface area contributed by atoms with Gasteiger partial charge in [0, 0.05) is 31.3 Å². The zero-order valence-corrected chi connectivity index (χ0v) is 11.4. The lowest BCUT2D eigenvalue weighted by atomic mass is 10.3. The number of anilines is 1. The first-order chi connectivity index (χ1) is 9.16. The van der Waals surface area contributed by atoms with Gasteiger partial charge in [-0.25, -0.2) is 9.78 Å². The number of nitrogens with zero attached hydrogens (tertiary/aromatic N) is 3. The third-order valence-corrected chi connectivity index (χ3v) is 3.95. The van der Waals surface area contributed by atoms with Gasteiger partial charge in [0.1, 0.15) is 0 Å². The van der Waals surface area contributed by atoms with Gasteiger partial charge in [0.05, 0.1) is 6.10 Å². The Morgan fingerprint density at radius 2 is 2.47 bits per heavy atom. The van der Waals surface area contributed by atoms with Crippen LogP contribution in [0.5, 0.6) is 0 Å². The highest BCUT2D eigenvalue weighted by Crippen LogP contribution is 2.26. The summed E-state index contributed by atoms with van der Waals surface area (Å²) in [7, 11) is 0. The van der Waals surface area contributed by atoms with Crippen LogP contribution in [0, 0.1) is 0 Å². The number of fused-ring (bicyclic) bond motifs is 1. The minimum atomic E-state index is -0.946. The summed E-state index contributed by atoms with van der Waals surface area (Å²) >= 11 is 1.44. The van der Waals surface area contributed by atoms with Crippen molar-refractivity contribution in [2.24, 2.45) is 0 Å². The second kappa shape index (κ2) is 4.82. The van der Waals surface area contributed by atoms with Gasteiger partial charge in [-0.05, 0) is 13.3 Å². The molecule has 0 saturated carbocycles. The molecule has 19 heavy (non-hydrogen) atoms. The highest BCUT2D eigenvalue weighted by atomic mass is 32.1. The lowest BCUT2D eigenvalue weighted by Gasteiger charge is -2.22. The van der Waals surface area contributed by atoms with E-state index in [-0.39, 0.29) is 11.8 Å². The Labute approximate surface area is 114 Å². The van der Waals surface area contributed by atoms with Crippen LogP contribution >= 0.6 is 11.3 Å². The zero-order valence-electron chi connectivity index (χ0n) is 10.6. The number of carbonyl (C=O) groups is 1. The summed E-state index contributed by atoms with van der Waals surface area (Å²) in [6, 6.07) is 0. The van der Waals surface area contributed by atoms with Gasteiger partial charge in [-0.3, -0.25) is 4.40 Å². The second-order valence-corrected chi connectivity index (χ2v) is 5.50. The van der Waals surface area contributed by atoms with E-state index in [2.05, 4.69) is 4.98 Å². The largest absolute Gasteiger partial charge is 0.476 e. The average Bonchev–Trinajstić information content (AvgIpc) is 2.85. The lowest BCUT2D eigenvalue weighted by molar-refractivity contribution is 0.0689. The van der Waals surface area contributed by atoms with E-state index < -0.39 is 5.97 Å². The van der Waals surface area contributed by atoms with Gasteiger partial charge in [0.2, 0.25) is 0 Å². The summed E-state index contributed by atoms with van der Waals surface area (Å²) in [4.78, 5) is 18.7. The molecule has 2 aromatic rings. The highest BCUT2D eigenvalue weighted by Gasteiger charge is 2.26. The Hall–Kier alpha value is -1.60. The van der Waals surface area contributed by atoms with E-state index in [1.807, 2.05) is 17.2 Å². The van der Waals surface area contributed by atoms with Crippen LogP contribution in [-0.2, 0) is 4.74 Å². The molecule has 1 unspecified atom stereocenters. The number of aromatic nitrogens is 2. The van der Waals surface area contributed by atoms with E-state index in [4.69, 9.17) is 4.74 Å². The standard InChI is InChI=1S/C12H15N3O3S/c1-8-7-14(3-2-5-18-8)10-9(11(16)17)15-4-6-19-12(15)13-10/h4,6,8H,2-3,5,7H2,1H3,(H,16,17). The minimum Gasteiger partial charge on any atom is -0.476 e. The van der Waals surface area contributed by atoms with Crippen molar-refractivity contribution in [1.29, 1.82) is 0 Å². The van der Waals surface area contributed by atoms with Crippen molar-refractivity contribution in [3.05, 3.63) is 17.3 Å². The fourth-order valence-electron chi connectivity index (χ4n) is 2.38. The molecular weight excluding hydrogens is 266 g/mol. The topological polar surface area (TPSA) is 67.1 Å². The molecular formula is C12H15N3O3S. The maximum Gasteiger partial charge on any atom is 0.356 e. The first-order valence-corrected chi connectivity index (χ1v) is 7.10. The van der Waals surface area contributed by atoms with Crippen LogP contribution in [0.3, 0.4) is 0 Å². The molecule has 0 amide bonds. The molecule has 1 atom stereocenters. The average molecular weight is 281 g/mol. The summed E-state index contributed by atoms with van der Waals surface area (Å²) < 4.78 is 7.23. The summed E-state index contributed by atoms with van der Waals surface area (Å²) in [6.45, 7) is 4.15. The van der Waals surface area contributed by atoms with Crippen molar-refractivity contribution in [3.63, 3.8) is 0 Å². The van der Waals surface area contributed by atoms with Crippen molar-refractivity contribution in [3.8, 4) is 0 Å². The number of hydrogen-bond acceptors (Lipinski definition) is 5. The van der Waals surface area contributed by atoms with Gasteiger partial charge >= 0.3 is 5.97 Å². The molecule has 0 bridgehead atoms. The smallest absolute Gasteiger partial charge is 0.356 e. The predicted octanol–water partition coefficient (Wildman–Crippen LogP) is 1.71. The Morgan fingerprint density at radius 3 is 3.26 bits per heavy atom. The SMILES string of the molecule is CC1CN(c2nc3sccn3c2C(=O)O)CCCO1. The Morgan fingerprint density at radius 1 is 1.63 bits per heavy atom. The molecule has 102 valence electrons. The van der Waals surface area contributed by atoms with E-state index in [0.717, 1.165) is 13.0 Å². The van der Waals surface area contributed by atoms with Crippen molar-refractivity contribution in [2.75, 3.05) is 24.6 Å².